The van der Waals surface area contributed by atoms with Gasteiger partial charge in [0.1, 0.15) is 18.1 Å². The highest BCUT2D eigenvalue weighted by Crippen LogP contribution is 2.27. The van der Waals surface area contributed by atoms with E-state index in [9.17, 15) is 4.79 Å². The topological polar surface area (TPSA) is 78.3 Å². The van der Waals surface area contributed by atoms with Crippen LogP contribution in [-0.4, -0.2) is 38.6 Å². The Morgan fingerprint density at radius 3 is 2.25 bits per heavy atom. The van der Waals surface area contributed by atoms with Crippen LogP contribution >= 0.6 is 23.4 Å². The molecule has 3 rings (SSSR count). The zero-order valence-electron chi connectivity index (χ0n) is 18.5. The van der Waals surface area contributed by atoms with Gasteiger partial charge in [0.15, 0.2) is 11.0 Å². The predicted molar refractivity (Wildman–Crippen MR) is 127 cm³/mol. The summed E-state index contributed by atoms with van der Waals surface area (Å²) in [5.74, 6) is 2.04. The summed E-state index contributed by atoms with van der Waals surface area (Å²) in [5.41, 5.74) is 0.837. The molecule has 170 valence electrons. The van der Waals surface area contributed by atoms with Crippen molar-refractivity contribution in [1.29, 1.82) is 0 Å². The van der Waals surface area contributed by atoms with Gasteiger partial charge in [-0.05, 0) is 76.2 Å². The maximum absolute atomic E-state index is 12.4. The van der Waals surface area contributed by atoms with Crippen molar-refractivity contribution < 1.29 is 14.3 Å². The van der Waals surface area contributed by atoms with Gasteiger partial charge in [0, 0.05) is 16.8 Å². The van der Waals surface area contributed by atoms with Crippen molar-refractivity contribution >= 4 is 29.3 Å². The minimum atomic E-state index is -0.340. The number of halogens is 1. The van der Waals surface area contributed by atoms with Gasteiger partial charge >= 0.3 is 0 Å². The van der Waals surface area contributed by atoms with E-state index < -0.39 is 0 Å². The lowest BCUT2D eigenvalue weighted by molar-refractivity contribution is -0.120. The number of hydrogen-bond acceptors (Lipinski definition) is 6. The standard InChI is InChI=1S/C23H27ClN4O3S/c1-5-30-19-10-12-20(13-11-19)31-14-21-26-27-23(32-16(4)22(29)25-15(2)3)28(21)18-8-6-17(24)7-9-18/h6-13,15-16H,5,14H2,1-4H3,(H,25,29). The van der Waals surface area contributed by atoms with E-state index in [4.69, 9.17) is 21.1 Å². The number of nitrogens with one attached hydrogen (secondary N) is 1. The van der Waals surface area contributed by atoms with Crippen LogP contribution in [-0.2, 0) is 11.4 Å². The molecule has 0 saturated carbocycles. The van der Waals surface area contributed by atoms with Gasteiger partial charge in [0.05, 0.1) is 11.9 Å². The minimum absolute atomic E-state index is 0.0529. The highest BCUT2D eigenvalue weighted by atomic mass is 35.5. The van der Waals surface area contributed by atoms with Gasteiger partial charge in [0.25, 0.3) is 0 Å². The van der Waals surface area contributed by atoms with E-state index in [0.717, 1.165) is 11.4 Å². The van der Waals surface area contributed by atoms with Crippen LogP contribution in [0.3, 0.4) is 0 Å². The molecule has 1 N–H and O–H groups in total. The molecule has 0 bridgehead atoms. The summed E-state index contributed by atoms with van der Waals surface area (Å²) >= 11 is 7.41. The fraction of sp³-hybridized carbons (Fsp3) is 0.348. The maximum atomic E-state index is 12.4. The van der Waals surface area contributed by atoms with Gasteiger partial charge in [-0.25, -0.2) is 0 Å². The Hall–Kier alpha value is -2.71. The van der Waals surface area contributed by atoms with Crippen molar-refractivity contribution in [3.63, 3.8) is 0 Å². The van der Waals surface area contributed by atoms with E-state index in [0.29, 0.717) is 28.4 Å². The average molecular weight is 475 g/mol. The van der Waals surface area contributed by atoms with Gasteiger partial charge in [-0.2, -0.15) is 0 Å². The zero-order chi connectivity index (χ0) is 23.1. The van der Waals surface area contributed by atoms with E-state index in [2.05, 4.69) is 15.5 Å². The number of carbonyl (C=O) groups is 1. The Labute approximate surface area is 197 Å². The molecular weight excluding hydrogens is 448 g/mol. The number of ether oxygens (including phenoxy) is 2. The molecule has 0 fully saturated rings. The predicted octanol–water partition coefficient (Wildman–Crippen LogP) is 4.90. The zero-order valence-corrected chi connectivity index (χ0v) is 20.1. The summed E-state index contributed by atoms with van der Waals surface area (Å²) in [4.78, 5) is 12.4. The second-order valence-electron chi connectivity index (χ2n) is 7.33. The fourth-order valence-electron chi connectivity index (χ4n) is 2.88. The number of thioether (sulfide) groups is 1. The highest BCUT2D eigenvalue weighted by Gasteiger charge is 2.22. The Kier molecular flexibility index (Phi) is 8.41. The van der Waals surface area contributed by atoms with E-state index in [1.54, 1.807) is 12.1 Å². The van der Waals surface area contributed by atoms with Crippen molar-refractivity contribution in [2.75, 3.05) is 6.61 Å². The first-order valence-corrected chi connectivity index (χ1v) is 11.7. The van der Waals surface area contributed by atoms with Gasteiger partial charge in [-0.15, -0.1) is 10.2 Å². The Balaban J connectivity index is 1.82. The van der Waals surface area contributed by atoms with Crippen LogP contribution in [0, 0.1) is 0 Å². The molecule has 1 unspecified atom stereocenters. The molecule has 0 spiro atoms. The Morgan fingerprint density at radius 1 is 1.03 bits per heavy atom. The van der Waals surface area contributed by atoms with Crippen LogP contribution in [0.1, 0.15) is 33.5 Å². The molecule has 1 heterocycles. The van der Waals surface area contributed by atoms with Crippen molar-refractivity contribution in [1.82, 2.24) is 20.1 Å². The molecule has 2 aromatic carbocycles. The van der Waals surface area contributed by atoms with Crippen molar-refractivity contribution in [3.8, 4) is 17.2 Å². The largest absolute Gasteiger partial charge is 0.494 e. The third-order valence-electron chi connectivity index (χ3n) is 4.37. The molecule has 0 aliphatic heterocycles. The molecule has 32 heavy (non-hydrogen) atoms. The molecule has 1 amide bonds. The molecule has 9 heteroatoms. The molecule has 1 atom stereocenters. The number of nitrogens with zero attached hydrogens (tertiary/aromatic N) is 3. The van der Waals surface area contributed by atoms with E-state index in [-0.39, 0.29) is 23.8 Å². The molecule has 7 nitrogen and oxygen atoms in total. The summed E-state index contributed by atoms with van der Waals surface area (Å²) in [7, 11) is 0. The summed E-state index contributed by atoms with van der Waals surface area (Å²) < 4.78 is 13.3. The van der Waals surface area contributed by atoms with Gasteiger partial charge in [0.2, 0.25) is 5.91 Å². The highest BCUT2D eigenvalue weighted by molar-refractivity contribution is 8.00. The lowest BCUT2D eigenvalue weighted by Crippen LogP contribution is -2.36. The number of hydrogen-bond donors (Lipinski definition) is 1. The van der Waals surface area contributed by atoms with E-state index in [1.165, 1.54) is 11.8 Å². The summed E-state index contributed by atoms with van der Waals surface area (Å²) in [6.45, 7) is 8.47. The van der Waals surface area contributed by atoms with Crippen molar-refractivity contribution in [3.05, 3.63) is 59.4 Å². The van der Waals surface area contributed by atoms with E-state index >= 15 is 0 Å². The molecular formula is C23H27ClN4O3S. The van der Waals surface area contributed by atoms with Crippen LogP contribution in [0.4, 0.5) is 0 Å². The monoisotopic (exact) mass is 474 g/mol. The number of amides is 1. The first kappa shape index (κ1) is 23.9. The van der Waals surface area contributed by atoms with Crippen LogP contribution < -0.4 is 14.8 Å². The normalized spacial score (nSPS) is 11.9. The molecule has 0 radical (unpaired) electrons. The van der Waals surface area contributed by atoms with Crippen LogP contribution in [0.15, 0.2) is 53.7 Å². The summed E-state index contributed by atoms with van der Waals surface area (Å²) in [6, 6.07) is 14.9. The SMILES string of the molecule is CCOc1ccc(OCc2nnc(SC(C)C(=O)NC(C)C)n2-c2ccc(Cl)cc2)cc1. The van der Waals surface area contributed by atoms with Gasteiger partial charge in [-0.1, -0.05) is 23.4 Å². The first-order chi connectivity index (χ1) is 15.4. The smallest absolute Gasteiger partial charge is 0.233 e. The Bertz CT molecular complexity index is 1020. The molecule has 1 aromatic heterocycles. The van der Waals surface area contributed by atoms with Crippen LogP contribution in [0.2, 0.25) is 5.02 Å². The van der Waals surface area contributed by atoms with Crippen LogP contribution in [0.25, 0.3) is 5.69 Å². The summed E-state index contributed by atoms with van der Waals surface area (Å²) in [6.07, 6.45) is 0. The second-order valence-corrected chi connectivity index (χ2v) is 9.07. The van der Waals surface area contributed by atoms with Gasteiger partial charge in [-0.3, -0.25) is 9.36 Å². The lowest BCUT2D eigenvalue weighted by atomic mass is 10.3. The van der Waals surface area contributed by atoms with Crippen molar-refractivity contribution in [2.45, 2.75) is 50.8 Å². The van der Waals surface area contributed by atoms with Crippen molar-refractivity contribution in [2.24, 2.45) is 0 Å². The van der Waals surface area contributed by atoms with Gasteiger partial charge < -0.3 is 14.8 Å². The number of benzene rings is 2. The molecule has 0 aliphatic rings. The number of carbonyl (C=O) groups excluding carboxylic acids is 1. The summed E-state index contributed by atoms with van der Waals surface area (Å²) in [5, 5.41) is 12.5. The fourth-order valence-corrected chi connectivity index (χ4v) is 3.90. The second kappa shape index (κ2) is 11.2. The first-order valence-electron chi connectivity index (χ1n) is 10.4. The van der Waals surface area contributed by atoms with E-state index in [1.807, 2.05) is 68.7 Å². The molecule has 3 aromatic rings. The Morgan fingerprint density at radius 2 is 1.66 bits per heavy atom. The quantitative estimate of drug-likeness (QED) is 0.421. The maximum Gasteiger partial charge on any atom is 0.233 e. The third-order valence-corrected chi connectivity index (χ3v) is 5.66. The lowest BCUT2D eigenvalue weighted by Gasteiger charge is -2.15. The van der Waals surface area contributed by atoms with Crippen LogP contribution in [0.5, 0.6) is 11.5 Å². The molecule has 0 saturated heterocycles. The third kappa shape index (κ3) is 6.40. The molecule has 0 aliphatic carbocycles. The average Bonchev–Trinajstić information content (AvgIpc) is 3.16. The number of aromatic nitrogens is 3. The minimum Gasteiger partial charge on any atom is -0.494 e. The number of rotatable bonds is 10.